The number of halogens is 1. The first-order chi connectivity index (χ1) is 3.50. The molecule has 0 fully saturated rings. The fraction of sp³-hybridized carbons (Fsp3) is 0.167. The van der Waals surface area contributed by atoms with Crippen molar-refractivity contribution in [1.82, 2.24) is 0 Å². The van der Waals surface area contributed by atoms with Crippen LogP contribution >= 0.6 is 0 Å². The second-order valence-corrected chi connectivity index (χ2v) is 1.00. The van der Waals surface area contributed by atoms with Gasteiger partial charge in [-0.3, -0.25) is 6.08 Å². The first kappa shape index (κ1) is 16.0. The number of allylic oxidation sites excluding steroid dienone is 4. The molecule has 3 heteroatoms. The number of carbonyl (C=O) groups is 1. The summed E-state index contributed by atoms with van der Waals surface area (Å²) in [5, 5.41) is 0. The predicted octanol–water partition coefficient (Wildman–Crippen LogP) is -1.88. The van der Waals surface area contributed by atoms with Gasteiger partial charge in [0, 0.05) is 0 Å². The Morgan fingerprint density at radius 2 is 2.00 bits per heavy atom. The quantitative estimate of drug-likeness (QED) is 0.322. The second kappa shape index (κ2) is 15.7. The van der Waals surface area contributed by atoms with Crippen LogP contribution in [0.5, 0.6) is 0 Å². The Balaban J connectivity index is -0.0000000836. The smallest absolute Gasteiger partial charge is 1.00 e. The Bertz CT molecular complexity index is 81.1. The van der Waals surface area contributed by atoms with E-state index < -0.39 is 0 Å². The molecule has 0 radical (unpaired) electrons. The SMILES string of the molecule is C=O.[C-]1=CC=CC1.[Cl-].[Ni+2]. The van der Waals surface area contributed by atoms with Crippen molar-refractivity contribution in [3.63, 3.8) is 0 Å². The van der Waals surface area contributed by atoms with Crippen LogP contribution in [0.15, 0.2) is 18.2 Å². The molecule has 0 saturated carbocycles. The molecule has 0 spiro atoms. The normalized spacial score (nSPS) is 10.2. The minimum absolute atomic E-state index is 0. The summed E-state index contributed by atoms with van der Waals surface area (Å²) in [7, 11) is 0. The third-order valence-electron chi connectivity index (χ3n) is 0.586. The molecule has 0 aromatic heterocycles. The van der Waals surface area contributed by atoms with Gasteiger partial charge in [0.15, 0.2) is 0 Å². The average Bonchev–Trinajstić information content (AvgIpc) is 2.23. The van der Waals surface area contributed by atoms with E-state index in [2.05, 4.69) is 12.2 Å². The Labute approximate surface area is 71.5 Å². The number of hydrogen-bond donors (Lipinski definition) is 0. The van der Waals surface area contributed by atoms with Crippen LogP contribution in [0.4, 0.5) is 0 Å². The van der Waals surface area contributed by atoms with Crippen LogP contribution in [-0.4, -0.2) is 6.79 Å². The maximum Gasteiger partial charge on any atom is 2.00 e. The zero-order valence-electron chi connectivity index (χ0n) is 4.75. The molecule has 1 rings (SSSR count). The molecule has 0 saturated heterocycles. The van der Waals surface area contributed by atoms with Gasteiger partial charge >= 0.3 is 16.5 Å². The van der Waals surface area contributed by atoms with Crippen LogP contribution in [0, 0.1) is 6.08 Å². The summed E-state index contributed by atoms with van der Waals surface area (Å²) in [5.41, 5.74) is 0. The number of hydrogen-bond acceptors (Lipinski definition) is 1. The molecule has 0 heterocycles. The first-order valence-corrected chi connectivity index (χ1v) is 2.01. The van der Waals surface area contributed by atoms with Crippen molar-refractivity contribution in [2.45, 2.75) is 6.42 Å². The zero-order valence-corrected chi connectivity index (χ0v) is 6.49. The van der Waals surface area contributed by atoms with E-state index in [4.69, 9.17) is 4.79 Å². The van der Waals surface area contributed by atoms with Crippen LogP contribution < -0.4 is 12.4 Å². The molecule has 0 aromatic carbocycles. The molecule has 54 valence electrons. The molecular formula is C6H7ClNiO. The van der Waals surface area contributed by atoms with Gasteiger partial charge in [-0.25, -0.2) is 12.2 Å². The van der Waals surface area contributed by atoms with Crippen LogP contribution in [-0.2, 0) is 21.3 Å². The maximum absolute atomic E-state index is 8.00. The minimum atomic E-state index is 0. The minimum Gasteiger partial charge on any atom is -1.00 e. The van der Waals surface area contributed by atoms with Crippen LogP contribution in [0.25, 0.3) is 0 Å². The van der Waals surface area contributed by atoms with E-state index in [0.717, 1.165) is 6.42 Å². The van der Waals surface area contributed by atoms with Crippen LogP contribution in [0.1, 0.15) is 6.42 Å². The molecule has 0 N–H and O–H groups in total. The first-order valence-electron chi connectivity index (χ1n) is 2.01. The fourth-order valence-electron chi connectivity index (χ4n) is 0.340. The van der Waals surface area contributed by atoms with Crippen molar-refractivity contribution < 1.29 is 33.7 Å². The van der Waals surface area contributed by atoms with Gasteiger partial charge < -0.3 is 17.2 Å². The molecule has 0 aliphatic heterocycles. The van der Waals surface area contributed by atoms with Crippen molar-refractivity contribution in [1.29, 1.82) is 0 Å². The van der Waals surface area contributed by atoms with Gasteiger partial charge in [0.25, 0.3) is 0 Å². The molecule has 0 bridgehead atoms. The van der Waals surface area contributed by atoms with E-state index in [1.807, 2.05) is 18.9 Å². The predicted molar refractivity (Wildman–Crippen MR) is 28.7 cm³/mol. The molecule has 0 unspecified atom stereocenters. The van der Waals surface area contributed by atoms with Gasteiger partial charge in [-0.15, -0.1) is 6.42 Å². The maximum atomic E-state index is 8.00. The molecule has 1 aliphatic carbocycles. The van der Waals surface area contributed by atoms with Gasteiger partial charge in [0.2, 0.25) is 0 Å². The Morgan fingerprint density at radius 3 is 2.11 bits per heavy atom. The molecule has 1 nitrogen and oxygen atoms in total. The topological polar surface area (TPSA) is 17.1 Å². The molecular weight excluding hydrogens is 182 g/mol. The summed E-state index contributed by atoms with van der Waals surface area (Å²) in [6.45, 7) is 2.00. The van der Waals surface area contributed by atoms with Gasteiger partial charge in [-0.05, 0) is 0 Å². The van der Waals surface area contributed by atoms with Crippen molar-refractivity contribution in [2.24, 2.45) is 0 Å². The van der Waals surface area contributed by atoms with E-state index in [1.54, 1.807) is 0 Å². The average molecular weight is 189 g/mol. The summed E-state index contributed by atoms with van der Waals surface area (Å²) in [4.78, 5) is 8.00. The standard InChI is InChI=1S/C5H5.CH2O.ClH.Ni/c1-2-4-5-3-1;1-2;;/h1-3H,4H2;1H2;1H;/q-1;;;+2/p-1. The van der Waals surface area contributed by atoms with Crippen LogP contribution in [0.2, 0.25) is 0 Å². The molecule has 0 atom stereocenters. The van der Waals surface area contributed by atoms with Crippen molar-refractivity contribution in [3.8, 4) is 0 Å². The van der Waals surface area contributed by atoms with E-state index in [1.165, 1.54) is 0 Å². The summed E-state index contributed by atoms with van der Waals surface area (Å²) in [6, 6.07) is 0. The monoisotopic (exact) mass is 188 g/mol. The second-order valence-electron chi connectivity index (χ2n) is 1.00. The summed E-state index contributed by atoms with van der Waals surface area (Å²) in [6.07, 6.45) is 10.0. The Kier molecular flexibility index (Phi) is 27.8. The van der Waals surface area contributed by atoms with Crippen LogP contribution in [0.3, 0.4) is 0 Å². The van der Waals surface area contributed by atoms with E-state index >= 15 is 0 Å². The van der Waals surface area contributed by atoms with Gasteiger partial charge in [-0.1, -0.05) is 0 Å². The zero-order chi connectivity index (χ0) is 5.54. The third kappa shape index (κ3) is 11.5. The van der Waals surface area contributed by atoms with E-state index in [0.29, 0.717) is 0 Å². The van der Waals surface area contributed by atoms with Crippen molar-refractivity contribution in [3.05, 3.63) is 24.3 Å². The third-order valence-corrected chi connectivity index (χ3v) is 0.586. The van der Waals surface area contributed by atoms with Gasteiger partial charge in [-0.2, -0.15) is 6.08 Å². The van der Waals surface area contributed by atoms with Crippen molar-refractivity contribution in [2.75, 3.05) is 0 Å². The molecule has 9 heavy (non-hydrogen) atoms. The van der Waals surface area contributed by atoms with E-state index in [9.17, 15) is 0 Å². The summed E-state index contributed by atoms with van der Waals surface area (Å²) >= 11 is 0. The van der Waals surface area contributed by atoms with Gasteiger partial charge in [0.1, 0.15) is 6.79 Å². The van der Waals surface area contributed by atoms with Gasteiger partial charge in [0.05, 0.1) is 0 Å². The molecule has 1 aliphatic rings. The number of rotatable bonds is 0. The summed E-state index contributed by atoms with van der Waals surface area (Å²) < 4.78 is 0. The Hall–Kier alpha value is -0.0665. The van der Waals surface area contributed by atoms with E-state index in [-0.39, 0.29) is 28.9 Å². The molecule has 0 aromatic rings. The Morgan fingerprint density at radius 1 is 1.44 bits per heavy atom. The molecule has 0 amide bonds. The number of carbonyl (C=O) groups excluding carboxylic acids is 1. The van der Waals surface area contributed by atoms with Crippen molar-refractivity contribution >= 4 is 6.79 Å². The fourth-order valence-corrected chi connectivity index (χ4v) is 0.340. The largest absolute Gasteiger partial charge is 2.00 e. The summed E-state index contributed by atoms with van der Waals surface area (Å²) in [5.74, 6) is 0.